The van der Waals surface area contributed by atoms with Gasteiger partial charge in [-0.05, 0) is 41.5 Å². The average molecular weight is 619 g/mol. The molecule has 0 aliphatic rings. The maximum absolute atomic E-state index is 13.4. The van der Waals surface area contributed by atoms with Gasteiger partial charge in [0.2, 0.25) is 10.0 Å². The summed E-state index contributed by atoms with van der Waals surface area (Å²) in [5.41, 5.74) is 4.39. The largest absolute Gasteiger partial charge is 0.493 e. The summed E-state index contributed by atoms with van der Waals surface area (Å²) in [7, 11) is -3.59. The number of furan rings is 1. The van der Waals surface area contributed by atoms with E-state index in [4.69, 9.17) is 9.15 Å². The molecule has 0 spiro atoms. The lowest BCUT2D eigenvalue weighted by Gasteiger charge is -2.23. The minimum atomic E-state index is -3.59. The predicted molar refractivity (Wildman–Crippen MR) is 179 cm³/mol. The highest BCUT2D eigenvalue weighted by atomic mass is 32.2. The molecule has 8 heteroatoms. The maximum Gasteiger partial charge on any atom is 0.232 e. The molecule has 0 saturated heterocycles. The van der Waals surface area contributed by atoms with Gasteiger partial charge in [0.25, 0.3) is 0 Å². The number of ketones is 1. The van der Waals surface area contributed by atoms with Crippen molar-refractivity contribution in [1.82, 2.24) is 5.32 Å². The minimum absolute atomic E-state index is 0.0749. The van der Waals surface area contributed by atoms with Gasteiger partial charge in [0.05, 0.1) is 31.6 Å². The molecule has 0 radical (unpaired) electrons. The van der Waals surface area contributed by atoms with E-state index in [1.807, 2.05) is 103 Å². The number of nitrogens with one attached hydrogen (secondary N) is 1. The molecule has 1 heterocycles. The Morgan fingerprint density at radius 2 is 1.51 bits per heavy atom. The molecule has 6 aromatic rings. The van der Waals surface area contributed by atoms with Crippen LogP contribution in [0.2, 0.25) is 0 Å². The first-order valence-electron chi connectivity index (χ1n) is 14.8. The molecule has 6 rings (SSSR count). The summed E-state index contributed by atoms with van der Waals surface area (Å²) in [5.74, 6) is 0.578. The molecule has 1 N–H and O–H groups in total. The third-order valence-electron chi connectivity index (χ3n) is 7.76. The number of benzene rings is 5. The van der Waals surface area contributed by atoms with Crippen LogP contribution in [0, 0.1) is 0 Å². The molecular formula is C37H34N2O5S. The van der Waals surface area contributed by atoms with Gasteiger partial charge >= 0.3 is 0 Å². The Labute approximate surface area is 263 Å². The van der Waals surface area contributed by atoms with Crippen LogP contribution in [-0.2, 0) is 16.6 Å². The summed E-state index contributed by atoms with van der Waals surface area (Å²) in [6.07, 6.45) is 1.79. The zero-order valence-electron chi connectivity index (χ0n) is 24.9. The van der Waals surface area contributed by atoms with E-state index in [0.717, 1.165) is 33.1 Å². The van der Waals surface area contributed by atoms with E-state index >= 15 is 0 Å². The van der Waals surface area contributed by atoms with Crippen molar-refractivity contribution in [1.29, 1.82) is 0 Å². The van der Waals surface area contributed by atoms with E-state index in [2.05, 4.69) is 5.32 Å². The van der Waals surface area contributed by atoms with Crippen molar-refractivity contribution < 1.29 is 22.4 Å². The molecule has 5 aromatic carbocycles. The fourth-order valence-corrected chi connectivity index (χ4v) is 6.34. The number of carbonyl (C=O) groups excluding carboxylic acids is 1. The molecule has 1 aromatic heterocycles. The van der Waals surface area contributed by atoms with Gasteiger partial charge < -0.3 is 14.5 Å². The molecule has 0 saturated carbocycles. The van der Waals surface area contributed by atoms with Gasteiger partial charge in [-0.2, -0.15) is 0 Å². The summed E-state index contributed by atoms with van der Waals surface area (Å²) in [4.78, 5) is 13.4. The van der Waals surface area contributed by atoms with Crippen LogP contribution in [0.15, 0.2) is 132 Å². The molecule has 0 aliphatic heterocycles. The van der Waals surface area contributed by atoms with Crippen LogP contribution in [0.4, 0.5) is 5.69 Å². The lowest BCUT2D eigenvalue weighted by atomic mass is 10.0. The molecule has 1 atom stereocenters. The van der Waals surface area contributed by atoms with E-state index in [1.165, 1.54) is 10.6 Å². The minimum Gasteiger partial charge on any atom is -0.493 e. The lowest BCUT2D eigenvalue weighted by molar-refractivity contribution is 0.0985. The van der Waals surface area contributed by atoms with Gasteiger partial charge in [0, 0.05) is 34.9 Å². The number of nitrogens with zero attached hydrogens (tertiary/aromatic N) is 1. The monoisotopic (exact) mass is 618 g/mol. The number of Topliss-reactive ketones (excluding diaryl/α,β-unsaturated/α-hetero) is 1. The first-order valence-corrected chi connectivity index (χ1v) is 16.7. The summed E-state index contributed by atoms with van der Waals surface area (Å²) < 4.78 is 38.9. The van der Waals surface area contributed by atoms with E-state index in [0.29, 0.717) is 30.0 Å². The number of fused-ring (bicyclic) bond motifs is 3. The SMILES string of the molecule is CS(=O)(=O)N(Cc1ccccc1)c1cccc(C(=O)CNC(CCOc2ccc3c(c2)oc2ccccc23)c2ccccc2)c1. The normalized spacial score (nSPS) is 12.3. The number of hydrogen-bond donors (Lipinski definition) is 1. The molecule has 0 bridgehead atoms. The van der Waals surface area contributed by atoms with Crippen molar-refractivity contribution in [2.75, 3.05) is 23.7 Å². The smallest absolute Gasteiger partial charge is 0.232 e. The van der Waals surface area contributed by atoms with Gasteiger partial charge in [0.15, 0.2) is 5.78 Å². The van der Waals surface area contributed by atoms with Crippen molar-refractivity contribution in [2.45, 2.75) is 19.0 Å². The lowest BCUT2D eigenvalue weighted by Crippen LogP contribution is -2.30. The standard InChI is InChI=1S/C37H34N2O5S/c1-45(41,42)39(26-27-11-4-2-5-12-27)30-16-10-15-29(23-30)35(40)25-38-34(28-13-6-3-7-14-28)21-22-43-31-19-20-33-32-17-8-9-18-36(32)44-37(33)24-31/h2-20,23-24,34,38H,21-22,25-26H2,1H3. The van der Waals surface area contributed by atoms with E-state index < -0.39 is 10.0 Å². The van der Waals surface area contributed by atoms with Gasteiger partial charge in [-0.1, -0.05) is 91.0 Å². The van der Waals surface area contributed by atoms with Crippen LogP contribution in [-0.4, -0.2) is 33.6 Å². The zero-order valence-corrected chi connectivity index (χ0v) is 25.7. The molecule has 0 fully saturated rings. The highest BCUT2D eigenvalue weighted by Gasteiger charge is 2.20. The third kappa shape index (κ3) is 7.25. The highest BCUT2D eigenvalue weighted by Crippen LogP contribution is 2.31. The van der Waals surface area contributed by atoms with Gasteiger partial charge in [0.1, 0.15) is 16.9 Å². The maximum atomic E-state index is 13.4. The fraction of sp³-hybridized carbons (Fsp3) is 0.162. The van der Waals surface area contributed by atoms with E-state index in [-0.39, 0.29) is 24.9 Å². The average Bonchev–Trinajstić information content (AvgIpc) is 3.43. The number of para-hydroxylation sites is 1. The number of anilines is 1. The third-order valence-corrected chi connectivity index (χ3v) is 8.90. The van der Waals surface area contributed by atoms with Crippen molar-refractivity contribution in [3.63, 3.8) is 0 Å². The van der Waals surface area contributed by atoms with Crippen LogP contribution in [0.5, 0.6) is 5.75 Å². The highest BCUT2D eigenvalue weighted by molar-refractivity contribution is 7.92. The van der Waals surface area contributed by atoms with E-state index in [9.17, 15) is 13.2 Å². The zero-order chi connectivity index (χ0) is 31.2. The number of rotatable bonds is 13. The number of carbonyl (C=O) groups is 1. The Kier molecular flexibility index (Phi) is 8.96. The van der Waals surface area contributed by atoms with Gasteiger partial charge in [-0.15, -0.1) is 0 Å². The second kappa shape index (κ2) is 13.4. The van der Waals surface area contributed by atoms with Crippen LogP contribution in [0.25, 0.3) is 21.9 Å². The topological polar surface area (TPSA) is 88.9 Å². The molecule has 45 heavy (non-hydrogen) atoms. The molecule has 1 unspecified atom stereocenters. The Bertz CT molecular complexity index is 2020. The van der Waals surface area contributed by atoms with Crippen LogP contribution in [0.3, 0.4) is 0 Å². The van der Waals surface area contributed by atoms with E-state index in [1.54, 1.807) is 24.3 Å². The van der Waals surface area contributed by atoms with Crippen LogP contribution >= 0.6 is 0 Å². The number of sulfonamides is 1. The van der Waals surface area contributed by atoms with Crippen molar-refractivity contribution in [3.05, 3.63) is 144 Å². The Hall–Kier alpha value is -4.92. The van der Waals surface area contributed by atoms with Crippen molar-refractivity contribution in [3.8, 4) is 5.75 Å². The Morgan fingerprint density at radius 3 is 2.29 bits per heavy atom. The number of ether oxygens (including phenoxy) is 1. The molecule has 7 nitrogen and oxygen atoms in total. The van der Waals surface area contributed by atoms with Crippen LogP contribution in [0.1, 0.15) is 33.9 Å². The first kappa shape index (κ1) is 30.1. The van der Waals surface area contributed by atoms with Gasteiger partial charge in [-0.25, -0.2) is 8.42 Å². The van der Waals surface area contributed by atoms with Crippen molar-refractivity contribution in [2.24, 2.45) is 0 Å². The summed E-state index contributed by atoms with van der Waals surface area (Å²) in [6.45, 7) is 0.672. The summed E-state index contributed by atoms with van der Waals surface area (Å²) in [5, 5.41) is 5.52. The van der Waals surface area contributed by atoms with Crippen molar-refractivity contribution >= 4 is 43.4 Å². The Morgan fingerprint density at radius 1 is 0.800 bits per heavy atom. The fourth-order valence-electron chi connectivity index (χ4n) is 5.46. The summed E-state index contributed by atoms with van der Waals surface area (Å²) >= 11 is 0. The molecule has 0 amide bonds. The first-order chi connectivity index (χ1) is 21.8. The summed E-state index contributed by atoms with van der Waals surface area (Å²) in [6, 6.07) is 39.8. The quantitative estimate of drug-likeness (QED) is 0.135. The van der Waals surface area contributed by atoms with Gasteiger partial charge in [-0.3, -0.25) is 9.10 Å². The number of hydrogen-bond acceptors (Lipinski definition) is 6. The van der Waals surface area contributed by atoms with Crippen LogP contribution < -0.4 is 14.4 Å². The predicted octanol–water partition coefficient (Wildman–Crippen LogP) is 7.53. The molecule has 0 aliphatic carbocycles. The Balaban J connectivity index is 1.13. The molecular weight excluding hydrogens is 584 g/mol. The molecule has 228 valence electrons. The second-order valence-corrected chi connectivity index (χ2v) is 12.9. The second-order valence-electron chi connectivity index (χ2n) is 11.0.